The Hall–Kier alpha value is -4.21. The maximum atomic E-state index is 13.0. The first-order valence-electron chi connectivity index (χ1n) is 12.6. The lowest BCUT2D eigenvalue weighted by molar-refractivity contribution is -0.152. The van der Waals surface area contributed by atoms with Crippen molar-refractivity contribution in [1.82, 2.24) is 16.0 Å². The molecule has 0 heterocycles. The second kappa shape index (κ2) is 13.5. The van der Waals surface area contributed by atoms with Gasteiger partial charge in [-0.05, 0) is 39.2 Å². The van der Waals surface area contributed by atoms with Crippen molar-refractivity contribution < 1.29 is 33.4 Å². The maximum Gasteiger partial charge on any atom is 0.408 e. The lowest BCUT2D eigenvalue weighted by atomic mass is 9.97. The molecule has 2 aromatic carbocycles. The van der Waals surface area contributed by atoms with Crippen LogP contribution in [0.1, 0.15) is 57.5 Å². The second-order valence-electron chi connectivity index (χ2n) is 10.5. The van der Waals surface area contributed by atoms with Gasteiger partial charge in [0.1, 0.15) is 23.7 Å². The van der Waals surface area contributed by atoms with E-state index in [-0.39, 0.29) is 18.3 Å². The maximum absolute atomic E-state index is 13.0. The summed E-state index contributed by atoms with van der Waals surface area (Å²) in [5.41, 5.74) is -1.76. The molecule has 0 aliphatic rings. The summed E-state index contributed by atoms with van der Waals surface area (Å²) in [6, 6.07) is 16.5. The molecule has 210 valence electrons. The molecule has 0 bridgehead atoms. The van der Waals surface area contributed by atoms with Crippen LogP contribution in [0.4, 0.5) is 4.79 Å². The van der Waals surface area contributed by atoms with E-state index >= 15 is 0 Å². The van der Waals surface area contributed by atoms with Crippen molar-refractivity contribution in [3.8, 4) is 0 Å². The standard InChI is InChI=1S/C29H37N3O7/c1-19(2)23(30-27(37)39-17-20-13-9-7-10-14-20)24(34)31-28(3,4)25(35)32-29(5,6)26(36)38-18-22(33)21-15-11-8-12-16-21/h7-16,19,23H,17-18H2,1-6H3,(H,30,37)(H,31,34)(H,32,35)/t23-/m0/s1. The molecule has 2 rings (SSSR count). The number of rotatable bonds is 12. The highest BCUT2D eigenvalue weighted by Gasteiger charge is 2.39. The van der Waals surface area contributed by atoms with Crippen molar-refractivity contribution in [1.29, 1.82) is 0 Å². The monoisotopic (exact) mass is 539 g/mol. The normalized spacial score (nSPS) is 12.2. The summed E-state index contributed by atoms with van der Waals surface area (Å²) in [6.07, 6.45) is -0.774. The summed E-state index contributed by atoms with van der Waals surface area (Å²) in [5.74, 6) is -2.78. The van der Waals surface area contributed by atoms with Crippen LogP contribution >= 0.6 is 0 Å². The Morgan fingerprint density at radius 2 is 1.33 bits per heavy atom. The van der Waals surface area contributed by atoms with Crippen LogP contribution in [0.25, 0.3) is 0 Å². The predicted octanol–water partition coefficient (Wildman–Crippen LogP) is 3.15. The van der Waals surface area contributed by atoms with Crippen molar-refractivity contribution in [2.45, 2.75) is 65.3 Å². The lowest BCUT2D eigenvalue weighted by Crippen LogP contribution is -2.63. The molecule has 10 heteroatoms. The van der Waals surface area contributed by atoms with Gasteiger partial charge in [0.25, 0.3) is 0 Å². The number of carbonyl (C=O) groups is 5. The van der Waals surface area contributed by atoms with E-state index in [4.69, 9.17) is 9.47 Å². The summed E-state index contributed by atoms with van der Waals surface area (Å²) < 4.78 is 10.3. The number of amides is 3. The zero-order chi connectivity index (χ0) is 29.2. The highest BCUT2D eigenvalue weighted by Crippen LogP contribution is 2.13. The van der Waals surface area contributed by atoms with E-state index in [1.54, 1.807) is 56.3 Å². The van der Waals surface area contributed by atoms with Crippen LogP contribution in [-0.2, 0) is 30.5 Å². The fourth-order valence-electron chi connectivity index (χ4n) is 3.38. The van der Waals surface area contributed by atoms with Gasteiger partial charge in [0, 0.05) is 5.56 Å². The Balaban J connectivity index is 1.93. The van der Waals surface area contributed by atoms with E-state index in [9.17, 15) is 24.0 Å². The summed E-state index contributed by atoms with van der Waals surface area (Å²) in [6.45, 7) is 8.82. The summed E-state index contributed by atoms with van der Waals surface area (Å²) in [5, 5.41) is 7.73. The summed E-state index contributed by atoms with van der Waals surface area (Å²) >= 11 is 0. The second-order valence-corrected chi connectivity index (χ2v) is 10.5. The first-order valence-corrected chi connectivity index (χ1v) is 12.6. The Morgan fingerprint density at radius 3 is 1.90 bits per heavy atom. The van der Waals surface area contributed by atoms with Gasteiger partial charge >= 0.3 is 12.1 Å². The topological polar surface area (TPSA) is 140 Å². The molecular formula is C29H37N3O7. The zero-order valence-electron chi connectivity index (χ0n) is 23.2. The van der Waals surface area contributed by atoms with Gasteiger partial charge in [0.15, 0.2) is 12.4 Å². The largest absolute Gasteiger partial charge is 0.456 e. The van der Waals surface area contributed by atoms with Crippen molar-refractivity contribution in [3.05, 3.63) is 71.8 Å². The first kappa shape index (κ1) is 31.0. The Bertz CT molecular complexity index is 1160. The van der Waals surface area contributed by atoms with Gasteiger partial charge in [0.2, 0.25) is 11.8 Å². The third-order valence-corrected chi connectivity index (χ3v) is 5.81. The number of ketones is 1. The molecule has 3 N–H and O–H groups in total. The summed E-state index contributed by atoms with van der Waals surface area (Å²) in [4.78, 5) is 63.3. The molecule has 0 aliphatic carbocycles. The summed E-state index contributed by atoms with van der Waals surface area (Å²) in [7, 11) is 0. The van der Waals surface area contributed by atoms with Crippen LogP contribution in [0, 0.1) is 5.92 Å². The number of nitrogens with one attached hydrogen (secondary N) is 3. The Labute approximate surface area is 228 Å². The number of hydrogen-bond donors (Lipinski definition) is 3. The van der Waals surface area contributed by atoms with E-state index in [1.165, 1.54) is 27.7 Å². The highest BCUT2D eigenvalue weighted by molar-refractivity contribution is 5.99. The molecule has 0 fully saturated rings. The van der Waals surface area contributed by atoms with Crippen LogP contribution in [-0.4, -0.2) is 53.4 Å². The molecular weight excluding hydrogens is 502 g/mol. The van der Waals surface area contributed by atoms with Crippen LogP contribution in [0.15, 0.2) is 60.7 Å². The van der Waals surface area contributed by atoms with E-state index in [0.717, 1.165) is 5.56 Å². The minimum absolute atomic E-state index is 0.0368. The van der Waals surface area contributed by atoms with E-state index in [2.05, 4.69) is 16.0 Å². The van der Waals surface area contributed by atoms with E-state index in [1.807, 2.05) is 18.2 Å². The molecule has 0 radical (unpaired) electrons. The average Bonchev–Trinajstić information content (AvgIpc) is 2.89. The van der Waals surface area contributed by atoms with Gasteiger partial charge in [-0.2, -0.15) is 0 Å². The zero-order valence-corrected chi connectivity index (χ0v) is 23.2. The van der Waals surface area contributed by atoms with Crippen molar-refractivity contribution in [2.24, 2.45) is 5.92 Å². The molecule has 0 unspecified atom stereocenters. The molecule has 2 aromatic rings. The number of ether oxygens (including phenoxy) is 2. The van der Waals surface area contributed by atoms with Crippen LogP contribution < -0.4 is 16.0 Å². The Morgan fingerprint density at radius 1 is 0.769 bits per heavy atom. The Kier molecular flexibility index (Phi) is 10.8. The van der Waals surface area contributed by atoms with Crippen LogP contribution in [0.2, 0.25) is 0 Å². The van der Waals surface area contributed by atoms with Crippen molar-refractivity contribution >= 4 is 29.7 Å². The third kappa shape index (κ3) is 9.55. The quantitative estimate of drug-likeness (QED) is 0.278. The lowest BCUT2D eigenvalue weighted by Gasteiger charge is -2.32. The fourth-order valence-corrected chi connectivity index (χ4v) is 3.38. The molecule has 0 spiro atoms. The third-order valence-electron chi connectivity index (χ3n) is 5.81. The minimum atomic E-state index is -1.49. The molecule has 0 aromatic heterocycles. The molecule has 0 aliphatic heterocycles. The first-order chi connectivity index (χ1) is 18.2. The van der Waals surface area contributed by atoms with Gasteiger partial charge in [0.05, 0.1) is 0 Å². The fraction of sp³-hybridized carbons (Fsp3) is 0.414. The van der Waals surface area contributed by atoms with Crippen LogP contribution in [0.3, 0.4) is 0 Å². The number of carbonyl (C=O) groups excluding carboxylic acids is 5. The molecule has 3 amide bonds. The molecule has 10 nitrogen and oxygen atoms in total. The van der Waals surface area contributed by atoms with E-state index in [0.29, 0.717) is 5.56 Å². The smallest absolute Gasteiger partial charge is 0.408 e. The van der Waals surface area contributed by atoms with Gasteiger partial charge in [-0.1, -0.05) is 74.5 Å². The van der Waals surface area contributed by atoms with Crippen LogP contribution in [0.5, 0.6) is 0 Å². The molecule has 1 atom stereocenters. The minimum Gasteiger partial charge on any atom is -0.456 e. The predicted molar refractivity (Wildman–Crippen MR) is 145 cm³/mol. The number of hydrogen-bond acceptors (Lipinski definition) is 7. The van der Waals surface area contributed by atoms with Gasteiger partial charge in [-0.3, -0.25) is 14.4 Å². The molecule has 0 saturated carbocycles. The molecule has 0 saturated heterocycles. The van der Waals surface area contributed by atoms with Crippen molar-refractivity contribution in [3.63, 3.8) is 0 Å². The van der Waals surface area contributed by atoms with Gasteiger partial charge in [-0.15, -0.1) is 0 Å². The number of esters is 1. The highest BCUT2D eigenvalue weighted by atomic mass is 16.5. The average molecular weight is 540 g/mol. The SMILES string of the molecule is CC(C)[C@H](NC(=O)OCc1ccccc1)C(=O)NC(C)(C)C(=O)NC(C)(C)C(=O)OCC(=O)c1ccccc1. The van der Waals surface area contributed by atoms with Gasteiger partial charge in [-0.25, -0.2) is 9.59 Å². The van der Waals surface area contributed by atoms with Gasteiger partial charge < -0.3 is 25.4 Å². The number of alkyl carbamates (subject to hydrolysis) is 1. The molecule has 39 heavy (non-hydrogen) atoms. The number of Topliss-reactive ketones (excluding diaryl/α,β-unsaturated/α-hetero) is 1. The number of benzene rings is 2. The van der Waals surface area contributed by atoms with Crippen molar-refractivity contribution in [2.75, 3.05) is 6.61 Å². The van der Waals surface area contributed by atoms with E-state index < -0.39 is 47.6 Å².